The predicted octanol–water partition coefficient (Wildman–Crippen LogP) is 5.30. The first-order valence-electron chi connectivity index (χ1n) is 8.30. The van der Waals surface area contributed by atoms with Crippen LogP contribution < -0.4 is 5.32 Å². The van der Waals surface area contributed by atoms with Crippen molar-refractivity contribution >= 4 is 0 Å². The summed E-state index contributed by atoms with van der Waals surface area (Å²) in [7, 11) is 0. The van der Waals surface area contributed by atoms with Gasteiger partial charge >= 0.3 is 6.18 Å². The Morgan fingerprint density at radius 2 is 1.75 bits per heavy atom. The normalized spacial score (nSPS) is 25.6. The Bertz CT molecular complexity index is 253. The van der Waals surface area contributed by atoms with Gasteiger partial charge in [0, 0.05) is 6.04 Å². The molecule has 1 aliphatic carbocycles. The second-order valence-electron chi connectivity index (χ2n) is 6.15. The standard InChI is InChI=1S/C16H30F3N/c1-3-5-6-11-15(20-12-4-2)13-9-7-8-10-14(13)16(17,18)19/h13-15,20H,3-12H2,1-2H3. The lowest BCUT2D eigenvalue weighted by Crippen LogP contribution is -2.46. The molecular weight excluding hydrogens is 263 g/mol. The van der Waals surface area contributed by atoms with E-state index < -0.39 is 12.1 Å². The molecule has 1 nitrogen and oxygen atoms in total. The maximum atomic E-state index is 13.2. The Morgan fingerprint density at radius 1 is 1.05 bits per heavy atom. The Kier molecular flexibility index (Phi) is 7.93. The minimum atomic E-state index is -4.03. The van der Waals surface area contributed by atoms with Crippen molar-refractivity contribution < 1.29 is 13.2 Å². The summed E-state index contributed by atoms with van der Waals surface area (Å²) in [5, 5.41) is 3.40. The molecule has 0 aromatic carbocycles. The van der Waals surface area contributed by atoms with Crippen molar-refractivity contribution in [2.45, 2.75) is 83.9 Å². The molecule has 0 bridgehead atoms. The van der Waals surface area contributed by atoms with Crippen LogP contribution in [0, 0.1) is 11.8 Å². The molecule has 1 N–H and O–H groups in total. The maximum absolute atomic E-state index is 13.2. The van der Waals surface area contributed by atoms with Gasteiger partial charge in [0.1, 0.15) is 0 Å². The van der Waals surface area contributed by atoms with Crippen LogP contribution >= 0.6 is 0 Å². The lowest BCUT2D eigenvalue weighted by molar-refractivity contribution is -0.199. The lowest BCUT2D eigenvalue weighted by atomic mass is 9.73. The largest absolute Gasteiger partial charge is 0.392 e. The van der Waals surface area contributed by atoms with Gasteiger partial charge < -0.3 is 5.32 Å². The van der Waals surface area contributed by atoms with Crippen molar-refractivity contribution in [3.63, 3.8) is 0 Å². The highest BCUT2D eigenvalue weighted by Crippen LogP contribution is 2.43. The zero-order valence-corrected chi connectivity index (χ0v) is 12.9. The number of unbranched alkanes of at least 4 members (excludes halogenated alkanes) is 2. The van der Waals surface area contributed by atoms with Crippen LogP contribution in [0.5, 0.6) is 0 Å². The average molecular weight is 293 g/mol. The summed E-state index contributed by atoms with van der Waals surface area (Å²) in [6, 6.07) is 0.0495. The van der Waals surface area contributed by atoms with Crippen LogP contribution in [0.2, 0.25) is 0 Å². The molecule has 0 radical (unpaired) electrons. The molecule has 0 aliphatic heterocycles. The third-order valence-electron chi connectivity index (χ3n) is 4.53. The fraction of sp³-hybridized carbons (Fsp3) is 1.00. The quantitative estimate of drug-likeness (QED) is 0.598. The maximum Gasteiger partial charge on any atom is 0.392 e. The highest BCUT2D eigenvalue weighted by molar-refractivity contribution is 4.88. The zero-order valence-electron chi connectivity index (χ0n) is 12.9. The number of halogens is 3. The smallest absolute Gasteiger partial charge is 0.314 e. The number of nitrogens with one attached hydrogen (secondary N) is 1. The summed E-state index contributed by atoms with van der Waals surface area (Å²) in [6.07, 6.45) is 3.87. The van der Waals surface area contributed by atoms with Crippen molar-refractivity contribution in [3.05, 3.63) is 0 Å². The average Bonchev–Trinajstić information content (AvgIpc) is 2.42. The van der Waals surface area contributed by atoms with Crippen molar-refractivity contribution in [1.29, 1.82) is 0 Å². The monoisotopic (exact) mass is 293 g/mol. The van der Waals surface area contributed by atoms with E-state index in [-0.39, 0.29) is 12.0 Å². The summed E-state index contributed by atoms with van der Waals surface area (Å²) < 4.78 is 39.7. The molecule has 1 rings (SSSR count). The van der Waals surface area contributed by atoms with Crippen LogP contribution in [0.4, 0.5) is 13.2 Å². The van der Waals surface area contributed by atoms with E-state index >= 15 is 0 Å². The molecule has 0 aromatic rings. The van der Waals surface area contributed by atoms with E-state index in [1.54, 1.807) is 0 Å². The molecule has 0 aromatic heterocycles. The van der Waals surface area contributed by atoms with Gasteiger partial charge in [0.25, 0.3) is 0 Å². The van der Waals surface area contributed by atoms with Crippen molar-refractivity contribution in [1.82, 2.24) is 5.32 Å². The Labute approximate surface area is 121 Å². The molecular formula is C16H30F3N. The van der Waals surface area contributed by atoms with Crippen LogP contribution in [-0.4, -0.2) is 18.8 Å². The van der Waals surface area contributed by atoms with Crippen molar-refractivity contribution in [3.8, 4) is 0 Å². The first kappa shape index (κ1) is 17.8. The number of hydrogen-bond acceptors (Lipinski definition) is 1. The lowest BCUT2D eigenvalue weighted by Gasteiger charge is -2.38. The van der Waals surface area contributed by atoms with Crippen LogP contribution in [0.3, 0.4) is 0 Å². The molecule has 0 amide bonds. The van der Waals surface area contributed by atoms with Gasteiger partial charge in [0.15, 0.2) is 0 Å². The van der Waals surface area contributed by atoms with E-state index in [2.05, 4.69) is 19.2 Å². The Balaban J connectivity index is 2.68. The number of hydrogen-bond donors (Lipinski definition) is 1. The molecule has 120 valence electrons. The van der Waals surface area contributed by atoms with E-state index in [0.717, 1.165) is 57.9 Å². The number of alkyl halides is 3. The molecule has 0 spiro atoms. The van der Waals surface area contributed by atoms with Crippen molar-refractivity contribution in [2.75, 3.05) is 6.54 Å². The van der Waals surface area contributed by atoms with E-state index in [1.165, 1.54) is 0 Å². The first-order chi connectivity index (χ1) is 9.50. The second kappa shape index (κ2) is 8.91. The molecule has 1 aliphatic rings. The minimum Gasteiger partial charge on any atom is -0.314 e. The molecule has 0 heterocycles. The van der Waals surface area contributed by atoms with Gasteiger partial charge in [-0.3, -0.25) is 0 Å². The van der Waals surface area contributed by atoms with Gasteiger partial charge in [-0.2, -0.15) is 13.2 Å². The van der Waals surface area contributed by atoms with E-state index in [9.17, 15) is 13.2 Å². The highest BCUT2D eigenvalue weighted by Gasteiger charge is 2.47. The van der Waals surface area contributed by atoms with Gasteiger partial charge in [-0.15, -0.1) is 0 Å². The van der Waals surface area contributed by atoms with Gasteiger partial charge in [-0.1, -0.05) is 46.0 Å². The van der Waals surface area contributed by atoms with E-state index in [4.69, 9.17) is 0 Å². The summed E-state index contributed by atoms with van der Waals surface area (Å²) in [5.74, 6) is -1.31. The summed E-state index contributed by atoms with van der Waals surface area (Å²) in [6.45, 7) is 5.03. The summed E-state index contributed by atoms with van der Waals surface area (Å²) in [4.78, 5) is 0. The fourth-order valence-corrected chi connectivity index (χ4v) is 3.46. The zero-order chi connectivity index (χ0) is 15.0. The Hall–Kier alpha value is -0.250. The van der Waals surface area contributed by atoms with E-state index in [0.29, 0.717) is 6.42 Å². The summed E-state index contributed by atoms with van der Waals surface area (Å²) in [5.41, 5.74) is 0. The number of rotatable bonds is 8. The first-order valence-corrected chi connectivity index (χ1v) is 8.30. The summed E-state index contributed by atoms with van der Waals surface area (Å²) >= 11 is 0. The Morgan fingerprint density at radius 3 is 2.35 bits per heavy atom. The molecule has 20 heavy (non-hydrogen) atoms. The van der Waals surface area contributed by atoms with Gasteiger partial charge in [-0.05, 0) is 38.1 Å². The van der Waals surface area contributed by atoms with Gasteiger partial charge in [0.05, 0.1) is 5.92 Å². The SMILES string of the molecule is CCCCCC(NCCC)C1CCCCC1C(F)(F)F. The molecule has 0 saturated heterocycles. The van der Waals surface area contributed by atoms with Crippen LogP contribution in [0.25, 0.3) is 0 Å². The van der Waals surface area contributed by atoms with Crippen LogP contribution in [-0.2, 0) is 0 Å². The van der Waals surface area contributed by atoms with Crippen molar-refractivity contribution in [2.24, 2.45) is 11.8 Å². The van der Waals surface area contributed by atoms with Gasteiger partial charge in [0.2, 0.25) is 0 Å². The third kappa shape index (κ3) is 5.63. The highest BCUT2D eigenvalue weighted by atomic mass is 19.4. The molecule has 4 heteroatoms. The molecule has 3 atom stereocenters. The molecule has 3 unspecified atom stereocenters. The molecule has 1 fully saturated rings. The van der Waals surface area contributed by atoms with Gasteiger partial charge in [-0.25, -0.2) is 0 Å². The van der Waals surface area contributed by atoms with E-state index in [1.807, 2.05) is 0 Å². The van der Waals surface area contributed by atoms with Crippen LogP contribution in [0.1, 0.15) is 71.6 Å². The predicted molar refractivity (Wildman–Crippen MR) is 77.7 cm³/mol. The van der Waals surface area contributed by atoms with Crippen LogP contribution in [0.15, 0.2) is 0 Å². The third-order valence-corrected chi connectivity index (χ3v) is 4.53. The second-order valence-corrected chi connectivity index (χ2v) is 6.15. The fourth-order valence-electron chi connectivity index (χ4n) is 3.46. The molecule has 1 saturated carbocycles. The minimum absolute atomic E-state index is 0.0495. The topological polar surface area (TPSA) is 12.0 Å².